The fourth-order valence-corrected chi connectivity index (χ4v) is 4.46. The molecule has 222 valence electrons. The van der Waals surface area contributed by atoms with E-state index in [1.807, 2.05) is 0 Å². The van der Waals surface area contributed by atoms with Crippen molar-refractivity contribution in [1.29, 1.82) is 0 Å². The Balaban J connectivity index is 1.53. The molecular weight excluding hydrogens is 571 g/mol. The molecule has 1 aliphatic heterocycles. The van der Waals surface area contributed by atoms with Crippen molar-refractivity contribution in [3.63, 3.8) is 0 Å². The molecule has 1 unspecified atom stereocenters. The molecule has 1 N–H and O–H groups in total. The zero-order valence-corrected chi connectivity index (χ0v) is 22.2. The third kappa shape index (κ3) is 9.82. The SMILES string of the molecule is CC(=O)CCSC1CC(=O)N(CCC(=O)NCCOCCOCCC(=O)Oc2c(F)c(F)c(F)c(F)c2F)C1=O. The molecule has 40 heavy (non-hydrogen) atoms. The summed E-state index contributed by atoms with van der Waals surface area (Å²) in [5.41, 5.74) is 0. The van der Waals surface area contributed by atoms with Gasteiger partial charge in [0.25, 0.3) is 0 Å². The molecule has 1 aliphatic rings. The van der Waals surface area contributed by atoms with E-state index in [9.17, 15) is 45.9 Å². The van der Waals surface area contributed by atoms with Crippen LogP contribution in [0, 0.1) is 29.1 Å². The molecule has 10 nitrogen and oxygen atoms in total. The number of ketones is 1. The zero-order valence-electron chi connectivity index (χ0n) is 21.4. The van der Waals surface area contributed by atoms with Gasteiger partial charge in [-0.2, -0.15) is 8.78 Å². The minimum Gasteiger partial charge on any atom is -0.420 e. The molecule has 0 spiro atoms. The lowest BCUT2D eigenvalue weighted by Gasteiger charge is -2.14. The molecular formula is C24H27F5N2O8S. The monoisotopic (exact) mass is 598 g/mol. The number of carbonyl (C=O) groups is 5. The average Bonchev–Trinajstić information content (AvgIpc) is 3.18. The summed E-state index contributed by atoms with van der Waals surface area (Å²) in [6.45, 7) is 1.33. The molecule has 1 atom stereocenters. The molecule has 1 heterocycles. The Kier molecular flexibility index (Phi) is 13.4. The van der Waals surface area contributed by atoms with Crippen LogP contribution < -0.4 is 10.1 Å². The van der Waals surface area contributed by atoms with Gasteiger partial charge in [0.1, 0.15) is 5.78 Å². The first kappa shape index (κ1) is 33.1. The number of esters is 1. The van der Waals surface area contributed by atoms with E-state index in [0.717, 1.165) is 4.90 Å². The van der Waals surface area contributed by atoms with E-state index in [2.05, 4.69) is 10.1 Å². The van der Waals surface area contributed by atoms with Crippen LogP contribution in [0.25, 0.3) is 0 Å². The Labute approximate surface area is 229 Å². The molecule has 0 aromatic heterocycles. The Morgan fingerprint density at radius 1 is 0.875 bits per heavy atom. The standard InChI is InChI=1S/C24H27F5N2O8S/c1-13(32)4-11-40-14-12-16(34)31(24(14)36)6-2-15(33)30-5-8-38-10-9-37-7-3-17(35)39-23-21(28)19(26)18(25)20(27)22(23)29/h14H,2-12H2,1H3,(H,30,33). The number of likely N-dealkylation sites (tertiary alicyclic amines) is 1. The molecule has 3 amide bonds. The van der Waals surface area contributed by atoms with Crippen LogP contribution in [-0.4, -0.2) is 84.9 Å². The lowest BCUT2D eigenvalue weighted by atomic mass is 10.2. The van der Waals surface area contributed by atoms with Crippen LogP contribution in [0.15, 0.2) is 0 Å². The lowest BCUT2D eigenvalue weighted by Crippen LogP contribution is -2.36. The minimum atomic E-state index is -2.38. The van der Waals surface area contributed by atoms with Gasteiger partial charge in [0.2, 0.25) is 52.6 Å². The molecule has 1 aromatic carbocycles. The third-order valence-corrected chi connectivity index (χ3v) is 6.53. The number of carbonyl (C=O) groups excluding carboxylic acids is 5. The van der Waals surface area contributed by atoms with Crippen molar-refractivity contribution in [3.05, 3.63) is 29.1 Å². The highest BCUT2D eigenvalue weighted by Gasteiger charge is 2.38. The summed E-state index contributed by atoms with van der Waals surface area (Å²) >= 11 is 1.25. The van der Waals surface area contributed by atoms with Gasteiger partial charge >= 0.3 is 5.97 Å². The normalized spacial score (nSPS) is 15.1. The van der Waals surface area contributed by atoms with E-state index >= 15 is 0 Å². The van der Waals surface area contributed by atoms with Gasteiger partial charge in [0.05, 0.1) is 38.1 Å². The largest absolute Gasteiger partial charge is 0.420 e. The van der Waals surface area contributed by atoms with Crippen molar-refractivity contribution in [2.75, 3.05) is 45.3 Å². The molecule has 1 saturated heterocycles. The van der Waals surface area contributed by atoms with Crippen molar-refractivity contribution >= 4 is 41.2 Å². The van der Waals surface area contributed by atoms with Crippen molar-refractivity contribution in [2.45, 2.75) is 37.9 Å². The predicted molar refractivity (Wildman–Crippen MR) is 129 cm³/mol. The Hall–Kier alpha value is -3.11. The molecule has 0 saturated carbocycles. The summed E-state index contributed by atoms with van der Waals surface area (Å²) in [6, 6.07) is 0. The molecule has 2 rings (SSSR count). The maximum Gasteiger partial charge on any atom is 0.313 e. The zero-order chi connectivity index (χ0) is 29.8. The summed E-state index contributed by atoms with van der Waals surface area (Å²) in [5, 5.41) is 2.01. The fourth-order valence-electron chi connectivity index (χ4n) is 3.24. The molecule has 0 bridgehead atoms. The molecule has 0 aliphatic carbocycles. The van der Waals surface area contributed by atoms with Gasteiger partial charge < -0.3 is 19.5 Å². The van der Waals surface area contributed by atoms with E-state index < -0.39 is 58.4 Å². The smallest absolute Gasteiger partial charge is 0.313 e. The van der Waals surface area contributed by atoms with E-state index in [1.54, 1.807) is 0 Å². The number of rotatable bonds is 17. The van der Waals surface area contributed by atoms with Gasteiger partial charge in [0, 0.05) is 38.1 Å². The molecule has 1 aromatic rings. The van der Waals surface area contributed by atoms with E-state index in [4.69, 9.17) is 9.47 Å². The number of Topliss-reactive ketones (excluding diaryl/α,β-unsaturated/α-hetero) is 1. The highest BCUT2D eigenvalue weighted by molar-refractivity contribution is 8.00. The average molecular weight is 599 g/mol. The first-order chi connectivity index (χ1) is 18.9. The van der Waals surface area contributed by atoms with Crippen LogP contribution in [0.5, 0.6) is 5.75 Å². The Bertz CT molecular complexity index is 1090. The summed E-state index contributed by atoms with van der Waals surface area (Å²) in [7, 11) is 0. The Morgan fingerprint density at radius 3 is 2.10 bits per heavy atom. The van der Waals surface area contributed by atoms with Crippen LogP contribution in [0.1, 0.15) is 32.6 Å². The van der Waals surface area contributed by atoms with Crippen molar-refractivity contribution in [3.8, 4) is 5.75 Å². The number of halogens is 5. The van der Waals surface area contributed by atoms with Crippen molar-refractivity contribution in [2.24, 2.45) is 0 Å². The highest BCUT2D eigenvalue weighted by atomic mass is 32.2. The summed E-state index contributed by atoms with van der Waals surface area (Å²) in [4.78, 5) is 60.0. The highest BCUT2D eigenvalue weighted by Crippen LogP contribution is 2.29. The van der Waals surface area contributed by atoms with Gasteiger partial charge in [-0.15, -0.1) is 11.8 Å². The number of thioether (sulfide) groups is 1. The van der Waals surface area contributed by atoms with Gasteiger partial charge in [0.15, 0.2) is 0 Å². The van der Waals surface area contributed by atoms with E-state index in [-0.39, 0.29) is 70.0 Å². The summed E-state index contributed by atoms with van der Waals surface area (Å²) in [6.07, 6.45) is -0.294. The van der Waals surface area contributed by atoms with Gasteiger partial charge in [-0.3, -0.25) is 28.9 Å². The number of benzene rings is 1. The van der Waals surface area contributed by atoms with Crippen LogP contribution >= 0.6 is 11.8 Å². The second kappa shape index (κ2) is 16.2. The Morgan fingerprint density at radius 2 is 1.48 bits per heavy atom. The maximum absolute atomic E-state index is 13.5. The number of hydrogen-bond donors (Lipinski definition) is 1. The van der Waals surface area contributed by atoms with Crippen molar-refractivity contribution in [1.82, 2.24) is 10.2 Å². The van der Waals surface area contributed by atoms with Gasteiger partial charge in [-0.25, -0.2) is 13.2 Å². The van der Waals surface area contributed by atoms with Crippen LogP contribution in [0.4, 0.5) is 22.0 Å². The first-order valence-electron chi connectivity index (χ1n) is 12.0. The second-order valence-electron chi connectivity index (χ2n) is 8.35. The third-order valence-electron chi connectivity index (χ3n) is 5.31. The molecule has 0 radical (unpaired) electrons. The minimum absolute atomic E-state index is 0.00661. The van der Waals surface area contributed by atoms with E-state index in [0.29, 0.717) is 12.2 Å². The van der Waals surface area contributed by atoms with Crippen LogP contribution in [0.2, 0.25) is 0 Å². The van der Waals surface area contributed by atoms with Gasteiger partial charge in [-0.1, -0.05) is 0 Å². The maximum atomic E-state index is 13.5. The molecule has 1 fully saturated rings. The lowest BCUT2D eigenvalue weighted by molar-refractivity contribution is -0.139. The van der Waals surface area contributed by atoms with Crippen LogP contribution in [-0.2, 0) is 33.4 Å². The van der Waals surface area contributed by atoms with Gasteiger partial charge in [-0.05, 0) is 6.92 Å². The summed E-state index contributed by atoms with van der Waals surface area (Å²) in [5.74, 6) is -15.1. The number of ether oxygens (including phenoxy) is 3. The number of nitrogens with zero attached hydrogens (tertiary/aromatic N) is 1. The number of imide groups is 1. The number of hydrogen-bond acceptors (Lipinski definition) is 9. The summed E-state index contributed by atoms with van der Waals surface area (Å²) < 4.78 is 80.8. The topological polar surface area (TPSA) is 128 Å². The van der Waals surface area contributed by atoms with E-state index in [1.165, 1.54) is 18.7 Å². The van der Waals surface area contributed by atoms with Crippen LogP contribution in [0.3, 0.4) is 0 Å². The predicted octanol–water partition coefficient (Wildman–Crippen LogP) is 2.06. The number of nitrogens with one attached hydrogen (secondary N) is 1. The second-order valence-corrected chi connectivity index (χ2v) is 9.66. The number of amides is 3. The first-order valence-corrected chi connectivity index (χ1v) is 13.1. The fraction of sp³-hybridized carbons (Fsp3) is 0.542. The van der Waals surface area contributed by atoms with Crippen molar-refractivity contribution < 1.29 is 60.1 Å². The molecule has 16 heteroatoms. The quantitative estimate of drug-likeness (QED) is 0.0545.